The van der Waals surface area contributed by atoms with Crippen LogP contribution in [0.2, 0.25) is 0 Å². The molecule has 0 radical (unpaired) electrons. The van der Waals surface area contributed by atoms with Crippen LogP contribution in [0.1, 0.15) is 38.8 Å². The van der Waals surface area contributed by atoms with E-state index >= 15 is 0 Å². The molecule has 3 rings (SSSR count). The number of carbonyl (C=O) groups is 2. The molecular weight excluding hydrogens is 380 g/mol. The zero-order valence-corrected chi connectivity index (χ0v) is 16.8. The van der Waals surface area contributed by atoms with E-state index in [-0.39, 0.29) is 24.7 Å². The number of allylic oxidation sites excluding steroid dienone is 1. The molecule has 148 valence electrons. The highest BCUT2D eigenvalue weighted by Gasteiger charge is 2.41. The van der Waals surface area contributed by atoms with Crippen molar-refractivity contribution in [2.45, 2.75) is 33.2 Å². The summed E-state index contributed by atoms with van der Waals surface area (Å²) in [5.74, 6) is -0.665. The molecule has 1 N–H and O–H groups in total. The summed E-state index contributed by atoms with van der Waals surface area (Å²) >= 11 is 1.40. The minimum Gasteiger partial charge on any atom is -0.508 e. The number of aromatic hydroxyl groups is 1. The van der Waals surface area contributed by atoms with Gasteiger partial charge in [0.15, 0.2) is 5.17 Å². The average molecular weight is 402 g/mol. The maximum absolute atomic E-state index is 12.7. The van der Waals surface area contributed by atoms with Crippen LogP contribution in [-0.4, -0.2) is 40.3 Å². The summed E-state index contributed by atoms with van der Waals surface area (Å²) in [4.78, 5) is 31.2. The second-order valence-corrected chi connectivity index (χ2v) is 7.02. The third-order valence-corrected chi connectivity index (χ3v) is 5.22. The van der Waals surface area contributed by atoms with E-state index in [2.05, 4.69) is 4.99 Å². The lowest BCUT2D eigenvalue weighted by Crippen LogP contribution is -2.37. The topological polar surface area (TPSA) is 88.4 Å². The first-order valence-electron chi connectivity index (χ1n) is 9.02. The van der Waals surface area contributed by atoms with Crippen molar-refractivity contribution in [2.24, 2.45) is 4.99 Å². The van der Waals surface area contributed by atoms with Gasteiger partial charge in [0.05, 0.1) is 36.9 Å². The summed E-state index contributed by atoms with van der Waals surface area (Å²) in [5.41, 5.74) is 2.47. The maximum Gasteiger partial charge on any atom is 0.338 e. The Morgan fingerprint density at radius 2 is 1.86 bits per heavy atom. The van der Waals surface area contributed by atoms with E-state index in [4.69, 9.17) is 9.47 Å². The molecular formula is C20H22N2O5S. The van der Waals surface area contributed by atoms with Crippen LogP contribution in [-0.2, 0) is 19.1 Å². The number of thioether (sulfide) groups is 1. The van der Waals surface area contributed by atoms with E-state index in [0.717, 1.165) is 5.56 Å². The zero-order valence-electron chi connectivity index (χ0n) is 16.0. The number of aliphatic imine (C=N–C) groups is 1. The Morgan fingerprint density at radius 3 is 2.50 bits per heavy atom. The number of phenolic OH excluding ortho intramolecular Hbond substituents is 1. The molecule has 0 saturated heterocycles. The number of carbonyl (C=O) groups excluding carboxylic acids is 2. The summed E-state index contributed by atoms with van der Waals surface area (Å²) in [6.45, 7) is 5.82. The number of rotatable bonds is 6. The maximum atomic E-state index is 12.7. The lowest BCUT2D eigenvalue weighted by molar-refractivity contribution is -0.142. The van der Waals surface area contributed by atoms with Crippen molar-refractivity contribution in [3.63, 3.8) is 0 Å². The lowest BCUT2D eigenvalue weighted by Gasteiger charge is -2.36. The van der Waals surface area contributed by atoms with Crippen LogP contribution in [0.4, 0.5) is 0 Å². The Hall–Kier alpha value is -2.74. The first-order chi connectivity index (χ1) is 13.5. The number of phenols is 1. The third kappa shape index (κ3) is 3.91. The molecule has 1 aromatic rings. The SMILES string of the molecule is CCOC(=O)CC1=CSC2=NC(C)=C(C(=O)OCC)C(c3ccc(O)cc3)N12. The lowest BCUT2D eigenvalue weighted by atomic mass is 9.94. The van der Waals surface area contributed by atoms with Crippen LogP contribution in [0.3, 0.4) is 0 Å². The summed E-state index contributed by atoms with van der Waals surface area (Å²) < 4.78 is 10.4. The highest BCUT2D eigenvalue weighted by Crippen LogP contribution is 2.45. The Kier molecular flexibility index (Phi) is 6.08. The van der Waals surface area contributed by atoms with Crippen molar-refractivity contribution in [1.29, 1.82) is 0 Å². The zero-order chi connectivity index (χ0) is 20.3. The molecule has 2 heterocycles. The van der Waals surface area contributed by atoms with Crippen molar-refractivity contribution in [3.05, 3.63) is 52.2 Å². The second-order valence-electron chi connectivity index (χ2n) is 6.19. The van der Waals surface area contributed by atoms with Gasteiger partial charge in [0.2, 0.25) is 0 Å². The van der Waals surface area contributed by atoms with Gasteiger partial charge in [-0.05, 0) is 43.9 Å². The number of hydrogen-bond acceptors (Lipinski definition) is 8. The Morgan fingerprint density at radius 1 is 1.18 bits per heavy atom. The number of hydrogen-bond donors (Lipinski definition) is 1. The summed E-state index contributed by atoms with van der Waals surface area (Å²) in [5, 5.41) is 12.2. The minimum absolute atomic E-state index is 0.0730. The molecule has 1 aromatic carbocycles. The van der Waals surface area contributed by atoms with E-state index in [1.807, 2.05) is 10.3 Å². The number of fused-ring (bicyclic) bond motifs is 1. The van der Waals surface area contributed by atoms with Crippen LogP contribution >= 0.6 is 11.8 Å². The van der Waals surface area contributed by atoms with Crippen molar-refractivity contribution in [3.8, 4) is 5.75 Å². The summed E-state index contributed by atoms with van der Waals surface area (Å²) in [6.07, 6.45) is 0.0730. The average Bonchev–Trinajstić information content (AvgIpc) is 3.03. The monoisotopic (exact) mass is 402 g/mol. The number of esters is 2. The predicted octanol–water partition coefficient (Wildman–Crippen LogP) is 3.48. The predicted molar refractivity (Wildman–Crippen MR) is 106 cm³/mol. The Labute approximate surface area is 167 Å². The van der Waals surface area contributed by atoms with Crippen molar-refractivity contribution < 1.29 is 24.2 Å². The molecule has 0 amide bonds. The summed E-state index contributed by atoms with van der Waals surface area (Å²) in [7, 11) is 0. The second kappa shape index (κ2) is 8.52. The van der Waals surface area contributed by atoms with Crippen molar-refractivity contribution >= 4 is 28.9 Å². The van der Waals surface area contributed by atoms with E-state index < -0.39 is 12.0 Å². The molecule has 0 bridgehead atoms. The molecule has 2 aliphatic rings. The fourth-order valence-electron chi connectivity index (χ4n) is 3.17. The number of nitrogens with zero attached hydrogens (tertiary/aromatic N) is 2. The largest absolute Gasteiger partial charge is 0.508 e. The van der Waals surface area contributed by atoms with Gasteiger partial charge in [-0.15, -0.1) is 0 Å². The van der Waals surface area contributed by atoms with Crippen LogP contribution in [0.25, 0.3) is 0 Å². The molecule has 1 unspecified atom stereocenters. The molecule has 0 saturated carbocycles. The third-order valence-electron chi connectivity index (χ3n) is 4.34. The Balaban J connectivity index is 2.05. The first kappa shape index (κ1) is 20.0. The highest BCUT2D eigenvalue weighted by molar-refractivity contribution is 8.16. The van der Waals surface area contributed by atoms with Crippen molar-refractivity contribution in [1.82, 2.24) is 4.90 Å². The van der Waals surface area contributed by atoms with Gasteiger partial charge in [0.25, 0.3) is 0 Å². The fourth-order valence-corrected chi connectivity index (χ4v) is 4.14. The van der Waals surface area contributed by atoms with E-state index in [1.165, 1.54) is 11.8 Å². The molecule has 7 nitrogen and oxygen atoms in total. The number of amidine groups is 1. The number of ether oxygens (including phenoxy) is 2. The normalized spacial score (nSPS) is 18.4. The molecule has 0 spiro atoms. The van der Waals surface area contributed by atoms with Gasteiger partial charge in [-0.3, -0.25) is 4.79 Å². The molecule has 2 aliphatic heterocycles. The van der Waals surface area contributed by atoms with Gasteiger partial charge in [-0.2, -0.15) is 0 Å². The van der Waals surface area contributed by atoms with Crippen LogP contribution < -0.4 is 0 Å². The fraction of sp³-hybridized carbons (Fsp3) is 0.350. The summed E-state index contributed by atoms with van der Waals surface area (Å²) in [6, 6.07) is 6.12. The van der Waals surface area contributed by atoms with E-state index in [1.54, 1.807) is 45.0 Å². The van der Waals surface area contributed by atoms with Crippen LogP contribution in [0.5, 0.6) is 5.75 Å². The molecule has 8 heteroatoms. The van der Waals surface area contributed by atoms with Gasteiger partial charge < -0.3 is 19.5 Å². The molecule has 0 aromatic heterocycles. The molecule has 1 atom stereocenters. The highest BCUT2D eigenvalue weighted by atomic mass is 32.2. The van der Waals surface area contributed by atoms with Gasteiger partial charge in [-0.1, -0.05) is 23.9 Å². The van der Waals surface area contributed by atoms with Gasteiger partial charge in [0.1, 0.15) is 5.75 Å². The molecule has 0 fully saturated rings. The van der Waals surface area contributed by atoms with Gasteiger partial charge in [0, 0.05) is 5.70 Å². The van der Waals surface area contributed by atoms with Crippen LogP contribution in [0.15, 0.2) is 51.6 Å². The number of benzene rings is 1. The van der Waals surface area contributed by atoms with Gasteiger partial charge in [-0.25, -0.2) is 9.79 Å². The smallest absolute Gasteiger partial charge is 0.338 e. The van der Waals surface area contributed by atoms with Crippen LogP contribution in [0, 0.1) is 0 Å². The quantitative estimate of drug-likeness (QED) is 0.729. The first-order valence-corrected chi connectivity index (χ1v) is 9.90. The van der Waals surface area contributed by atoms with Crippen molar-refractivity contribution in [2.75, 3.05) is 13.2 Å². The van der Waals surface area contributed by atoms with Gasteiger partial charge >= 0.3 is 11.9 Å². The Bertz CT molecular complexity index is 873. The standard InChI is InChI=1S/C20H22N2O5S/c1-4-26-16(24)10-14-11-28-20-21-12(3)17(19(25)27-5-2)18(22(14)20)13-6-8-15(23)9-7-13/h6-9,11,18,23H,4-5,10H2,1-3H3. The van der Waals surface area contributed by atoms with E-state index in [0.29, 0.717) is 28.7 Å². The van der Waals surface area contributed by atoms with E-state index in [9.17, 15) is 14.7 Å². The molecule has 28 heavy (non-hydrogen) atoms. The minimum atomic E-state index is -0.511. The molecule has 0 aliphatic carbocycles.